The average molecular weight is 142 g/mol. The lowest BCUT2D eigenvalue weighted by atomic mass is 10.1. The molecule has 0 aromatic heterocycles. The summed E-state index contributed by atoms with van der Waals surface area (Å²) in [5.74, 6) is 0. The molecule has 1 unspecified atom stereocenters. The molecular weight excluding hydrogens is 128 g/mol. The largest absolute Gasteiger partial charge is 0.356 e. The van der Waals surface area contributed by atoms with Crippen molar-refractivity contribution in [1.82, 2.24) is 10.6 Å². The summed E-state index contributed by atoms with van der Waals surface area (Å²) in [6, 6.07) is 0.410. The molecule has 0 spiro atoms. The van der Waals surface area contributed by atoms with Gasteiger partial charge in [-0.1, -0.05) is 0 Å². The molecule has 10 heavy (non-hydrogen) atoms. The second kappa shape index (κ2) is 4.28. The van der Waals surface area contributed by atoms with Crippen LogP contribution < -0.4 is 10.6 Å². The molecule has 0 saturated carbocycles. The third-order valence-corrected chi connectivity index (χ3v) is 1.88. The molecule has 1 heterocycles. The van der Waals surface area contributed by atoms with E-state index < -0.39 is 0 Å². The van der Waals surface area contributed by atoms with Crippen molar-refractivity contribution in [1.29, 1.82) is 0 Å². The van der Waals surface area contributed by atoms with Crippen molar-refractivity contribution in [3.8, 4) is 0 Å². The highest BCUT2D eigenvalue weighted by Gasteiger charge is 2.08. The fraction of sp³-hybridized carbons (Fsp3) is 0.857. The van der Waals surface area contributed by atoms with E-state index in [1.165, 1.54) is 6.42 Å². The van der Waals surface area contributed by atoms with Crippen LogP contribution in [-0.2, 0) is 4.79 Å². The van der Waals surface area contributed by atoms with Crippen LogP contribution in [0.4, 0.5) is 0 Å². The quantitative estimate of drug-likeness (QED) is 0.527. The van der Waals surface area contributed by atoms with Crippen LogP contribution in [0.25, 0.3) is 0 Å². The first kappa shape index (κ1) is 7.54. The Morgan fingerprint density at radius 2 is 2.30 bits per heavy atom. The normalized spacial score (nSPS) is 27.0. The zero-order valence-corrected chi connectivity index (χ0v) is 6.10. The maximum atomic E-state index is 10.1. The Morgan fingerprint density at radius 1 is 1.40 bits per heavy atom. The Bertz CT molecular complexity index is 97.8. The molecule has 0 aliphatic carbocycles. The minimum atomic E-state index is 0.410. The lowest BCUT2D eigenvalue weighted by molar-refractivity contribution is -0.110. The summed E-state index contributed by atoms with van der Waals surface area (Å²) in [6.45, 7) is 2.13. The lowest BCUT2D eigenvalue weighted by Crippen LogP contribution is -2.28. The second-order valence-corrected chi connectivity index (χ2v) is 2.66. The molecule has 1 saturated heterocycles. The van der Waals surface area contributed by atoms with Gasteiger partial charge in [0.2, 0.25) is 6.41 Å². The van der Waals surface area contributed by atoms with Crippen LogP contribution in [0.2, 0.25) is 0 Å². The SMILES string of the molecule is O=CNC1CCCNCC1. The van der Waals surface area contributed by atoms with E-state index in [0.29, 0.717) is 6.04 Å². The molecule has 0 aromatic carbocycles. The standard InChI is InChI=1S/C7H14N2O/c10-6-9-7-2-1-4-8-5-3-7/h6-8H,1-5H2,(H,9,10). The Hall–Kier alpha value is -0.570. The molecule has 1 aliphatic heterocycles. The zero-order valence-electron chi connectivity index (χ0n) is 6.10. The van der Waals surface area contributed by atoms with Crippen LogP contribution in [0.5, 0.6) is 0 Å². The highest BCUT2D eigenvalue weighted by Crippen LogP contribution is 2.03. The van der Waals surface area contributed by atoms with Gasteiger partial charge in [0.15, 0.2) is 0 Å². The van der Waals surface area contributed by atoms with E-state index in [1.54, 1.807) is 0 Å². The predicted octanol–water partition coefficient (Wildman–Crippen LogP) is -0.126. The monoisotopic (exact) mass is 142 g/mol. The first-order valence-corrected chi connectivity index (χ1v) is 3.84. The molecule has 3 nitrogen and oxygen atoms in total. The first-order chi connectivity index (χ1) is 4.93. The van der Waals surface area contributed by atoms with Gasteiger partial charge in [-0.2, -0.15) is 0 Å². The van der Waals surface area contributed by atoms with Crippen molar-refractivity contribution in [2.45, 2.75) is 25.3 Å². The summed E-state index contributed by atoms with van der Waals surface area (Å²) in [4.78, 5) is 10.1. The van der Waals surface area contributed by atoms with Crippen LogP contribution in [0.1, 0.15) is 19.3 Å². The van der Waals surface area contributed by atoms with Gasteiger partial charge in [-0.15, -0.1) is 0 Å². The summed E-state index contributed by atoms with van der Waals surface area (Å²) >= 11 is 0. The van der Waals surface area contributed by atoms with Gasteiger partial charge in [-0.25, -0.2) is 0 Å². The molecule has 3 heteroatoms. The molecule has 0 aromatic rings. The average Bonchev–Trinajstić information content (AvgIpc) is 2.17. The van der Waals surface area contributed by atoms with Gasteiger partial charge in [0, 0.05) is 6.04 Å². The van der Waals surface area contributed by atoms with E-state index in [1.807, 2.05) is 0 Å². The Balaban J connectivity index is 2.21. The van der Waals surface area contributed by atoms with Crippen molar-refractivity contribution in [2.75, 3.05) is 13.1 Å². The number of amides is 1. The van der Waals surface area contributed by atoms with Crippen molar-refractivity contribution < 1.29 is 4.79 Å². The Kier molecular flexibility index (Phi) is 3.22. The van der Waals surface area contributed by atoms with Crippen LogP contribution in [0.3, 0.4) is 0 Å². The maximum absolute atomic E-state index is 10.1. The smallest absolute Gasteiger partial charge is 0.207 e. The van der Waals surface area contributed by atoms with Crippen LogP contribution >= 0.6 is 0 Å². The van der Waals surface area contributed by atoms with E-state index in [-0.39, 0.29) is 0 Å². The summed E-state index contributed by atoms with van der Waals surface area (Å²) in [5.41, 5.74) is 0. The van der Waals surface area contributed by atoms with Crippen LogP contribution in [0, 0.1) is 0 Å². The third kappa shape index (κ3) is 2.35. The van der Waals surface area contributed by atoms with E-state index in [9.17, 15) is 4.79 Å². The summed E-state index contributed by atoms with van der Waals surface area (Å²) < 4.78 is 0. The molecule has 0 bridgehead atoms. The molecule has 1 fully saturated rings. The number of carbonyl (C=O) groups is 1. The molecule has 2 N–H and O–H groups in total. The molecule has 1 aliphatic rings. The van der Waals surface area contributed by atoms with Crippen molar-refractivity contribution in [3.05, 3.63) is 0 Å². The Labute approximate surface area is 61.2 Å². The van der Waals surface area contributed by atoms with E-state index in [0.717, 1.165) is 32.3 Å². The first-order valence-electron chi connectivity index (χ1n) is 3.84. The number of hydrogen-bond acceptors (Lipinski definition) is 2. The third-order valence-electron chi connectivity index (χ3n) is 1.88. The zero-order chi connectivity index (χ0) is 7.23. The predicted molar refractivity (Wildman–Crippen MR) is 39.7 cm³/mol. The number of nitrogens with one attached hydrogen (secondary N) is 2. The van der Waals surface area contributed by atoms with Gasteiger partial charge in [-0.3, -0.25) is 4.79 Å². The van der Waals surface area contributed by atoms with Crippen LogP contribution in [-0.4, -0.2) is 25.5 Å². The van der Waals surface area contributed by atoms with Crippen LogP contribution in [0.15, 0.2) is 0 Å². The summed E-state index contributed by atoms with van der Waals surface area (Å²) in [5, 5.41) is 6.08. The molecule has 58 valence electrons. The molecule has 0 radical (unpaired) electrons. The summed E-state index contributed by atoms with van der Waals surface area (Å²) in [7, 11) is 0. The topological polar surface area (TPSA) is 41.1 Å². The number of rotatable bonds is 2. The molecule has 1 atom stereocenters. The van der Waals surface area contributed by atoms with Crippen molar-refractivity contribution >= 4 is 6.41 Å². The Morgan fingerprint density at radius 3 is 3.10 bits per heavy atom. The molecule has 1 amide bonds. The fourth-order valence-corrected chi connectivity index (χ4v) is 1.28. The molecular formula is C7H14N2O. The van der Waals surface area contributed by atoms with Gasteiger partial charge in [0.05, 0.1) is 0 Å². The minimum Gasteiger partial charge on any atom is -0.356 e. The van der Waals surface area contributed by atoms with Gasteiger partial charge in [0.1, 0.15) is 0 Å². The van der Waals surface area contributed by atoms with E-state index in [4.69, 9.17) is 0 Å². The van der Waals surface area contributed by atoms with Gasteiger partial charge in [-0.05, 0) is 32.4 Å². The highest BCUT2D eigenvalue weighted by molar-refractivity contribution is 5.46. The van der Waals surface area contributed by atoms with Gasteiger partial charge in [0.25, 0.3) is 0 Å². The fourth-order valence-electron chi connectivity index (χ4n) is 1.28. The highest BCUT2D eigenvalue weighted by atomic mass is 16.1. The summed E-state index contributed by atoms with van der Waals surface area (Å²) in [6.07, 6.45) is 4.16. The van der Waals surface area contributed by atoms with E-state index in [2.05, 4.69) is 10.6 Å². The van der Waals surface area contributed by atoms with Gasteiger partial charge < -0.3 is 10.6 Å². The van der Waals surface area contributed by atoms with Gasteiger partial charge >= 0.3 is 0 Å². The number of carbonyl (C=O) groups excluding carboxylic acids is 1. The van der Waals surface area contributed by atoms with Crippen molar-refractivity contribution in [2.24, 2.45) is 0 Å². The lowest BCUT2D eigenvalue weighted by Gasteiger charge is -2.10. The van der Waals surface area contributed by atoms with E-state index >= 15 is 0 Å². The maximum Gasteiger partial charge on any atom is 0.207 e. The number of hydrogen-bond donors (Lipinski definition) is 2. The second-order valence-electron chi connectivity index (χ2n) is 2.66. The minimum absolute atomic E-state index is 0.410. The molecule has 1 rings (SSSR count). The van der Waals surface area contributed by atoms with Crippen molar-refractivity contribution in [3.63, 3.8) is 0 Å².